The number of hydrogen-bond donors (Lipinski definition) is 1. The fourth-order valence-corrected chi connectivity index (χ4v) is 2.85. The molecule has 0 spiro atoms. The summed E-state index contributed by atoms with van der Waals surface area (Å²) in [6, 6.07) is 12.7. The smallest absolute Gasteiger partial charge is 0.395 e. The first-order valence-electron chi connectivity index (χ1n) is 9.38. The van der Waals surface area contributed by atoms with E-state index in [2.05, 4.69) is 19.9 Å². The van der Waals surface area contributed by atoms with Crippen LogP contribution in [0.4, 0.5) is 17.6 Å². The minimum Gasteiger partial charge on any atom is -0.395 e. The number of nitriles is 1. The lowest BCUT2D eigenvalue weighted by molar-refractivity contribution is -0.286. The molecule has 1 unspecified atom stereocenters. The summed E-state index contributed by atoms with van der Waals surface area (Å²) in [5.41, 5.74) is 1.30. The van der Waals surface area contributed by atoms with Gasteiger partial charge in [-0.05, 0) is 37.3 Å². The van der Waals surface area contributed by atoms with Gasteiger partial charge in [-0.15, -0.1) is 8.78 Å². The minimum atomic E-state index is -3.50. The van der Waals surface area contributed by atoms with E-state index in [1.165, 1.54) is 12.1 Å². The van der Waals surface area contributed by atoms with Crippen molar-refractivity contribution in [2.24, 2.45) is 0 Å². The molecule has 0 bridgehead atoms. The summed E-state index contributed by atoms with van der Waals surface area (Å²) in [5, 5.41) is 16.0. The number of halogens is 4. The number of nitrogens with one attached hydrogen (secondary N) is 1. The standard InChI is InChI=1S/C14H14F2N4O.C7H4F2O2/c1-9(19-13(21)14(2,15)16)8-20-12-4-3-10(6-17)5-11(12)7-18-20;8-7(9)10-5-3-1-2-4-6(5)11-7/h3-5,7,9H,8H2,1-2H3,(H,19,21);1-4H. The molecule has 11 heteroatoms. The van der Waals surface area contributed by atoms with Crippen molar-refractivity contribution in [2.45, 2.75) is 38.7 Å². The van der Waals surface area contributed by atoms with Crippen molar-refractivity contribution >= 4 is 16.8 Å². The van der Waals surface area contributed by atoms with Gasteiger partial charge in [-0.25, -0.2) is 0 Å². The summed E-state index contributed by atoms with van der Waals surface area (Å²) in [4.78, 5) is 11.2. The molecule has 1 amide bonds. The third kappa shape index (κ3) is 5.46. The van der Waals surface area contributed by atoms with Crippen LogP contribution in [0.15, 0.2) is 48.7 Å². The highest BCUT2D eigenvalue weighted by Crippen LogP contribution is 2.40. The van der Waals surface area contributed by atoms with E-state index in [1.807, 2.05) is 6.07 Å². The molecule has 2 aromatic carbocycles. The van der Waals surface area contributed by atoms with Crippen molar-refractivity contribution in [3.8, 4) is 17.6 Å². The molecule has 1 aliphatic heterocycles. The Kier molecular flexibility index (Phi) is 6.25. The molecule has 1 aromatic heterocycles. The Morgan fingerprint density at radius 1 is 1.25 bits per heavy atom. The maximum Gasteiger partial charge on any atom is 0.586 e. The Morgan fingerprint density at radius 3 is 2.44 bits per heavy atom. The minimum absolute atomic E-state index is 0.0810. The van der Waals surface area contributed by atoms with E-state index < -0.39 is 24.2 Å². The maximum absolute atomic E-state index is 12.8. The van der Waals surface area contributed by atoms with Gasteiger partial charge in [-0.1, -0.05) is 12.1 Å². The van der Waals surface area contributed by atoms with E-state index in [0.717, 1.165) is 10.9 Å². The predicted octanol–water partition coefficient (Wildman–Crippen LogP) is 4.08. The highest BCUT2D eigenvalue weighted by Gasteiger charge is 2.43. The van der Waals surface area contributed by atoms with Crippen LogP contribution >= 0.6 is 0 Å². The van der Waals surface area contributed by atoms with Crippen molar-refractivity contribution in [1.29, 1.82) is 5.26 Å². The summed E-state index contributed by atoms with van der Waals surface area (Å²) in [5.74, 6) is -4.55. The second kappa shape index (κ2) is 8.74. The van der Waals surface area contributed by atoms with E-state index >= 15 is 0 Å². The average molecular weight is 450 g/mol. The number of hydrogen-bond acceptors (Lipinski definition) is 5. The van der Waals surface area contributed by atoms with Crippen LogP contribution in [-0.2, 0) is 11.3 Å². The molecule has 0 radical (unpaired) electrons. The Labute approximate surface area is 180 Å². The third-order valence-corrected chi connectivity index (χ3v) is 4.30. The molecule has 32 heavy (non-hydrogen) atoms. The molecule has 0 aliphatic carbocycles. The zero-order valence-corrected chi connectivity index (χ0v) is 17.0. The second-order valence-corrected chi connectivity index (χ2v) is 7.09. The topological polar surface area (TPSA) is 89.2 Å². The summed E-state index contributed by atoms with van der Waals surface area (Å²) in [6.45, 7) is 2.44. The second-order valence-electron chi connectivity index (χ2n) is 7.09. The number of ether oxygens (including phenoxy) is 2. The number of para-hydroxylation sites is 2. The van der Waals surface area contributed by atoms with E-state index in [-0.39, 0.29) is 18.0 Å². The lowest BCUT2D eigenvalue weighted by atomic mass is 10.2. The average Bonchev–Trinajstić information content (AvgIpc) is 3.25. The molecule has 3 aromatic rings. The Hall–Kier alpha value is -3.81. The molecule has 1 N–H and O–H groups in total. The quantitative estimate of drug-likeness (QED) is 0.606. The third-order valence-electron chi connectivity index (χ3n) is 4.30. The van der Waals surface area contributed by atoms with Crippen LogP contribution in [-0.4, -0.2) is 33.9 Å². The molecule has 0 saturated heterocycles. The Bertz CT molecular complexity index is 1140. The lowest BCUT2D eigenvalue weighted by Gasteiger charge is -2.17. The SMILES string of the molecule is CC(Cn1ncc2cc(C#N)ccc21)NC(=O)C(C)(F)F.FC1(F)Oc2ccccc2O1. The van der Waals surface area contributed by atoms with Crippen molar-refractivity contribution in [2.75, 3.05) is 0 Å². The first-order chi connectivity index (χ1) is 15.0. The van der Waals surface area contributed by atoms with E-state index in [4.69, 9.17) is 5.26 Å². The first kappa shape index (κ1) is 22.9. The largest absolute Gasteiger partial charge is 0.586 e. The van der Waals surface area contributed by atoms with Crippen molar-refractivity contribution < 1.29 is 31.8 Å². The number of alkyl halides is 4. The number of aromatic nitrogens is 2. The molecule has 0 saturated carbocycles. The van der Waals surface area contributed by atoms with Gasteiger partial charge in [0.25, 0.3) is 5.91 Å². The van der Waals surface area contributed by atoms with Gasteiger partial charge < -0.3 is 14.8 Å². The lowest BCUT2D eigenvalue weighted by Crippen LogP contribution is -2.44. The van der Waals surface area contributed by atoms with E-state index in [1.54, 1.807) is 48.1 Å². The highest BCUT2D eigenvalue weighted by atomic mass is 19.3. The van der Waals surface area contributed by atoms with Gasteiger partial charge in [0.05, 0.1) is 29.9 Å². The summed E-state index contributed by atoms with van der Waals surface area (Å²) in [6.07, 6.45) is -1.90. The summed E-state index contributed by atoms with van der Waals surface area (Å²) in [7, 11) is 0. The fourth-order valence-electron chi connectivity index (χ4n) is 2.85. The summed E-state index contributed by atoms with van der Waals surface area (Å²) < 4.78 is 60.1. The zero-order valence-electron chi connectivity index (χ0n) is 17.0. The van der Waals surface area contributed by atoms with Crippen molar-refractivity contribution in [3.63, 3.8) is 0 Å². The normalized spacial score (nSPS) is 14.8. The van der Waals surface area contributed by atoms with Crippen LogP contribution < -0.4 is 14.8 Å². The van der Waals surface area contributed by atoms with Crippen molar-refractivity contribution in [1.82, 2.24) is 15.1 Å². The van der Waals surface area contributed by atoms with Gasteiger partial charge in [0, 0.05) is 18.4 Å². The number of amides is 1. The van der Waals surface area contributed by atoms with E-state index in [9.17, 15) is 22.4 Å². The van der Waals surface area contributed by atoms with Crippen LogP contribution in [0.2, 0.25) is 0 Å². The molecule has 2 heterocycles. The number of carbonyl (C=O) groups is 1. The number of benzene rings is 2. The van der Waals surface area contributed by atoms with Crippen LogP contribution in [0.3, 0.4) is 0 Å². The first-order valence-corrected chi connectivity index (χ1v) is 9.38. The summed E-state index contributed by atoms with van der Waals surface area (Å²) >= 11 is 0. The predicted molar refractivity (Wildman–Crippen MR) is 105 cm³/mol. The van der Waals surface area contributed by atoms with Gasteiger partial charge in [0.15, 0.2) is 11.5 Å². The van der Waals surface area contributed by atoms with Gasteiger partial charge in [0.1, 0.15) is 0 Å². The van der Waals surface area contributed by atoms with E-state index in [0.29, 0.717) is 12.5 Å². The Balaban J connectivity index is 0.000000219. The number of rotatable bonds is 4. The monoisotopic (exact) mass is 450 g/mol. The van der Waals surface area contributed by atoms with Gasteiger partial charge in [-0.3, -0.25) is 9.48 Å². The zero-order chi connectivity index (χ0) is 23.5. The molecule has 1 atom stereocenters. The molecule has 168 valence electrons. The maximum atomic E-state index is 12.8. The highest BCUT2D eigenvalue weighted by molar-refractivity contribution is 5.83. The molecular formula is C21H18F4N4O3. The molecule has 7 nitrogen and oxygen atoms in total. The van der Waals surface area contributed by atoms with Crippen LogP contribution in [0.1, 0.15) is 19.4 Å². The molecule has 4 rings (SSSR count). The molecule has 1 aliphatic rings. The van der Waals surface area contributed by atoms with Gasteiger partial charge >= 0.3 is 12.2 Å². The fraction of sp³-hybridized carbons (Fsp3) is 0.286. The number of fused-ring (bicyclic) bond motifs is 2. The van der Waals surface area contributed by atoms with Crippen LogP contribution in [0.5, 0.6) is 11.5 Å². The number of nitrogens with zero attached hydrogens (tertiary/aromatic N) is 3. The van der Waals surface area contributed by atoms with Crippen molar-refractivity contribution in [3.05, 3.63) is 54.2 Å². The number of carbonyl (C=O) groups excluding carboxylic acids is 1. The molecule has 0 fully saturated rings. The van der Waals surface area contributed by atoms with Crippen LogP contribution in [0, 0.1) is 11.3 Å². The Morgan fingerprint density at radius 2 is 1.88 bits per heavy atom. The van der Waals surface area contributed by atoms with Crippen LogP contribution in [0.25, 0.3) is 10.9 Å². The van der Waals surface area contributed by atoms with Gasteiger partial charge in [-0.2, -0.15) is 19.1 Å². The molecular weight excluding hydrogens is 432 g/mol. The van der Waals surface area contributed by atoms with Gasteiger partial charge in [0.2, 0.25) is 0 Å².